The molecule has 1 nitrogen and oxygen atoms in total. The van der Waals surface area contributed by atoms with Crippen LogP contribution in [0.5, 0.6) is 0 Å². The molecule has 1 fully saturated rings. The summed E-state index contributed by atoms with van der Waals surface area (Å²) in [6.07, 6.45) is 6.70. The standard InChI is InChI=1S/C13H18OS2/c1-10-7-11(8-15-10)13(14)9-16-12-5-3-2-4-6-12/h7-8,12H,2-6,9H2,1H3. The quantitative estimate of drug-likeness (QED) is 0.745. The van der Waals surface area contributed by atoms with Gasteiger partial charge in [-0.25, -0.2) is 0 Å². The molecule has 0 saturated heterocycles. The van der Waals surface area contributed by atoms with Crippen LogP contribution in [0.3, 0.4) is 0 Å². The minimum absolute atomic E-state index is 0.305. The van der Waals surface area contributed by atoms with Crippen LogP contribution in [0.4, 0.5) is 0 Å². The number of ketones is 1. The zero-order chi connectivity index (χ0) is 11.4. The van der Waals surface area contributed by atoms with Crippen LogP contribution >= 0.6 is 23.1 Å². The van der Waals surface area contributed by atoms with E-state index in [0.29, 0.717) is 11.5 Å². The van der Waals surface area contributed by atoms with E-state index >= 15 is 0 Å². The van der Waals surface area contributed by atoms with E-state index in [4.69, 9.17) is 0 Å². The maximum Gasteiger partial charge on any atom is 0.173 e. The highest BCUT2D eigenvalue weighted by molar-refractivity contribution is 8.00. The first-order valence-corrected chi connectivity index (χ1v) is 7.88. The Kier molecular flexibility index (Phi) is 4.47. The van der Waals surface area contributed by atoms with Crippen LogP contribution in [-0.2, 0) is 0 Å². The number of carbonyl (C=O) groups excluding carboxylic acids is 1. The Labute approximate surface area is 106 Å². The van der Waals surface area contributed by atoms with E-state index in [1.54, 1.807) is 11.3 Å². The molecular formula is C13H18OS2. The van der Waals surface area contributed by atoms with Crippen LogP contribution < -0.4 is 0 Å². The molecular weight excluding hydrogens is 236 g/mol. The van der Waals surface area contributed by atoms with Crippen molar-refractivity contribution in [2.75, 3.05) is 5.75 Å². The molecule has 1 aromatic rings. The third-order valence-electron chi connectivity index (χ3n) is 3.05. The van der Waals surface area contributed by atoms with Gasteiger partial charge in [-0.05, 0) is 25.8 Å². The predicted molar refractivity (Wildman–Crippen MR) is 72.7 cm³/mol. The van der Waals surface area contributed by atoms with Crippen LogP contribution in [-0.4, -0.2) is 16.8 Å². The molecule has 1 heterocycles. The van der Waals surface area contributed by atoms with E-state index in [-0.39, 0.29) is 0 Å². The number of Topliss-reactive ketones (excluding diaryl/α,β-unsaturated/α-hetero) is 1. The molecule has 0 atom stereocenters. The summed E-state index contributed by atoms with van der Waals surface area (Å²) in [6, 6.07) is 2.01. The first-order valence-electron chi connectivity index (χ1n) is 5.95. The smallest absolute Gasteiger partial charge is 0.173 e. The SMILES string of the molecule is Cc1cc(C(=O)CSC2CCCCC2)cs1. The van der Waals surface area contributed by atoms with Crippen molar-refractivity contribution in [1.29, 1.82) is 0 Å². The van der Waals surface area contributed by atoms with Gasteiger partial charge in [-0.1, -0.05) is 19.3 Å². The second-order valence-corrected chi connectivity index (χ2v) is 6.84. The summed E-state index contributed by atoms with van der Waals surface area (Å²) in [5.41, 5.74) is 0.908. The van der Waals surface area contributed by atoms with Crippen molar-refractivity contribution in [3.63, 3.8) is 0 Å². The van der Waals surface area contributed by atoms with E-state index in [9.17, 15) is 4.79 Å². The molecule has 16 heavy (non-hydrogen) atoms. The Morgan fingerprint density at radius 3 is 2.81 bits per heavy atom. The molecule has 0 bridgehead atoms. The molecule has 0 unspecified atom stereocenters. The lowest BCUT2D eigenvalue weighted by molar-refractivity contribution is 0.102. The van der Waals surface area contributed by atoms with Gasteiger partial charge in [0.1, 0.15) is 0 Å². The minimum atomic E-state index is 0.305. The Hall–Kier alpha value is -0.280. The maximum absolute atomic E-state index is 11.9. The number of rotatable bonds is 4. The molecule has 0 radical (unpaired) electrons. The minimum Gasteiger partial charge on any atom is -0.293 e. The van der Waals surface area contributed by atoms with Gasteiger partial charge in [0, 0.05) is 21.1 Å². The molecule has 1 aliphatic carbocycles. The monoisotopic (exact) mass is 254 g/mol. The van der Waals surface area contributed by atoms with Gasteiger partial charge >= 0.3 is 0 Å². The summed E-state index contributed by atoms with van der Waals surface area (Å²) in [7, 11) is 0. The number of hydrogen-bond donors (Lipinski definition) is 0. The van der Waals surface area contributed by atoms with Crippen LogP contribution in [0.25, 0.3) is 0 Å². The van der Waals surface area contributed by atoms with Gasteiger partial charge in [-0.3, -0.25) is 4.79 Å². The van der Waals surface area contributed by atoms with Gasteiger partial charge in [0.15, 0.2) is 5.78 Å². The lowest BCUT2D eigenvalue weighted by atomic mass is 10.0. The van der Waals surface area contributed by atoms with Crippen molar-refractivity contribution in [3.05, 3.63) is 21.9 Å². The van der Waals surface area contributed by atoms with Gasteiger partial charge in [-0.2, -0.15) is 11.8 Å². The average molecular weight is 254 g/mol. The van der Waals surface area contributed by atoms with Crippen LogP contribution in [0.1, 0.15) is 47.3 Å². The van der Waals surface area contributed by atoms with Crippen LogP contribution in [0.15, 0.2) is 11.4 Å². The molecule has 0 spiro atoms. The highest BCUT2D eigenvalue weighted by Gasteiger charge is 2.16. The fraction of sp³-hybridized carbons (Fsp3) is 0.615. The van der Waals surface area contributed by atoms with Gasteiger partial charge in [0.25, 0.3) is 0 Å². The highest BCUT2D eigenvalue weighted by Crippen LogP contribution is 2.28. The van der Waals surface area contributed by atoms with E-state index < -0.39 is 0 Å². The third kappa shape index (κ3) is 3.36. The molecule has 2 rings (SSSR count). The number of thiophene rings is 1. The van der Waals surface area contributed by atoms with Crippen molar-refractivity contribution in [2.45, 2.75) is 44.3 Å². The van der Waals surface area contributed by atoms with Gasteiger partial charge in [-0.15, -0.1) is 11.3 Å². The van der Waals surface area contributed by atoms with E-state index in [0.717, 1.165) is 10.8 Å². The van der Waals surface area contributed by atoms with E-state index in [1.165, 1.54) is 37.0 Å². The normalized spacial score (nSPS) is 17.6. The summed E-state index contributed by atoms with van der Waals surface area (Å²) in [5.74, 6) is 0.973. The lowest BCUT2D eigenvalue weighted by Crippen LogP contribution is -2.11. The summed E-state index contributed by atoms with van der Waals surface area (Å²) in [4.78, 5) is 13.1. The molecule has 0 N–H and O–H groups in total. The summed E-state index contributed by atoms with van der Waals surface area (Å²) in [5, 5.41) is 2.72. The van der Waals surface area contributed by atoms with Gasteiger partial charge in [0.2, 0.25) is 0 Å². The molecule has 0 aliphatic heterocycles. The highest BCUT2D eigenvalue weighted by atomic mass is 32.2. The fourth-order valence-electron chi connectivity index (χ4n) is 2.10. The number of aryl methyl sites for hydroxylation is 1. The largest absolute Gasteiger partial charge is 0.293 e. The molecule has 0 aromatic carbocycles. The number of carbonyl (C=O) groups is 1. The van der Waals surface area contributed by atoms with Crippen LogP contribution in [0, 0.1) is 6.92 Å². The number of hydrogen-bond acceptors (Lipinski definition) is 3. The van der Waals surface area contributed by atoms with Crippen LogP contribution in [0.2, 0.25) is 0 Å². The average Bonchev–Trinajstić information content (AvgIpc) is 2.74. The number of thioether (sulfide) groups is 1. The first-order chi connectivity index (χ1) is 7.75. The zero-order valence-corrected chi connectivity index (χ0v) is 11.3. The second kappa shape index (κ2) is 5.87. The van der Waals surface area contributed by atoms with Gasteiger partial charge in [0.05, 0.1) is 5.75 Å². The third-order valence-corrected chi connectivity index (χ3v) is 5.29. The van der Waals surface area contributed by atoms with Crippen molar-refractivity contribution in [2.24, 2.45) is 0 Å². The molecule has 1 aromatic heterocycles. The summed E-state index contributed by atoms with van der Waals surface area (Å²) < 4.78 is 0. The van der Waals surface area contributed by atoms with Gasteiger partial charge < -0.3 is 0 Å². The fourth-order valence-corrected chi connectivity index (χ4v) is 4.03. The van der Waals surface area contributed by atoms with E-state index in [1.807, 2.05) is 23.2 Å². The molecule has 1 saturated carbocycles. The Balaban J connectivity index is 1.79. The lowest BCUT2D eigenvalue weighted by Gasteiger charge is -2.20. The van der Waals surface area contributed by atoms with Crippen molar-refractivity contribution in [3.8, 4) is 0 Å². The maximum atomic E-state index is 11.9. The molecule has 0 amide bonds. The predicted octanol–water partition coefficient (Wildman–Crippen LogP) is 4.31. The molecule has 88 valence electrons. The Bertz CT molecular complexity index is 351. The summed E-state index contributed by atoms with van der Waals surface area (Å²) >= 11 is 3.53. The van der Waals surface area contributed by atoms with Crippen molar-refractivity contribution >= 4 is 28.9 Å². The molecule has 3 heteroatoms. The van der Waals surface area contributed by atoms with Crippen molar-refractivity contribution in [1.82, 2.24) is 0 Å². The topological polar surface area (TPSA) is 17.1 Å². The Morgan fingerprint density at radius 2 is 2.19 bits per heavy atom. The van der Waals surface area contributed by atoms with Crippen molar-refractivity contribution < 1.29 is 4.79 Å². The van der Waals surface area contributed by atoms with E-state index in [2.05, 4.69) is 6.92 Å². The first kappa shape index (κ1) is 12.2. The zero-order valence-electron chi connectivity index (χ0n) is 9.70. The molecule has 1 aliphatic rings. The second-order valence-electron chi connectivity index (χ2n) is 4.44. The summed E-state index contributed by atoms with van der Waals surface area (Å²) in [6.45, 7) is 2.05. The Morgan fingerprint density at radius 1 is 1.44 bits per heavy atom.